The number of hydrogen-bond donors (Lipinski definition) is 1. The van der Waals surface area contributed by atoms with Gasteiger partial charge in [-0.15, -0.1) is 0 Å². The molecule has 0 radical (unpaired) electrons. The minimum absolute atomic E-state index is 0.115. The van der Waals surface area contributed by atoms with Crippen LogP contribution in [0.4, 0.5) is 0 Å². The molecular weight excluding hydrogens is 278 g/mol. The first-order chi connectivity index (χ1) is 9.47. The summed E-state index contributed by atoms with van der Waals surface area (Å²) in [6.45, 7) is 3.65. The van der Waals surface area contributed by atoms with Crippen LogP contribution in [0, 0.1) is 18.3 Å². The van der Waals surface area contributed by atoms with Crippen LogP contribution in [0.1, 0.15) is 23.7 Å². The van der Waals surface area contributed by atoms with E-state index in [1.165, 1.54) is 10.7 Å². The number of ether oxygens (including phenoxy) is 1. The Kier molecular flexibility index (Phi) is 3.86. The zero-order valence-electron chi connectivity index (χ0n) is 11.4. The van der Waals surface area contributed by atoms with Crippen molar-refractivity contribution in [2.45, 2.75) is 20.3 Å². The van der Waals surface area contributed by atoms with Crippen LogP contribution in [0.25, 0.3) is 0 Å². The molecule has 0 aliphatic carbocycles. The third-order valence-electron chi connectivity index (χ3n) is 3.00. The Balaban J connectivity index is 2.46. The maximum absolute atomic E-state index is 9.87. The van der Waals surface area contributed by atoms with E-state index < -0.39 is 0 Å². The first kappa shape index (κ1) is 14.2. The second-order valence-corrected chi connectivity index (χ2v) is 4.78. The van der Waals surface area contributed by atoms with E-state index in [9.17, 15) is 5.11 Å². The van der Waals surface area contributed by atoms with E-state index in [-0.39, 0.29) is 5.75 Å². The molecule has 0 atom stereocenters. The minimum atomic E-state index is 0.115. The smallest absolute Gasteiger partial charge is 0.235 e. The molecule has 0 bridgehead atoms. The van der Waals surface area contributed by atoms with Gasteiger partial charge in [0.2, 0.25) is 5.88 Å². The molecule has 1 heterocycles. The van der Waals surface area contributed by atoms with Crippen LogP contribution in [-0.4, -0.2) is 14.9 Å². The zero-order valence-corrected chi connectivity index (χ0v) is 12.2. The molecule has 0 aliphatic rings. The average Bonchev–Trinajstić information content (AvgIpc) is 2.67. The van der Waals surface area contributed by atoms with Crippen LogP contribution in [0.3, 0.4) is 0 Å². The number of hydrogen-bond acceptors (Lipinski definition) is 4. The first-order valence-corrected chi connectivity index (χ1v) is 6.48. The molecule has 1 N–H and O–H groups in total. The summed E-state index contributed by atoms with van der Waals surface area (Å²) in [4.78, 5) is 0. The van der Waals surface area contributed by atoms with Gasteiger partial charge in [0.05, 0.1) is 10.7 Å². The van der Waals surface area contributed by atoms with Gasteiger partial charge in [0.15, 0.2) is 5.75 Å². The molecule has 5 nitrogen and oxygen atoms in total. The lowest BCUT2D eigenvalue weighted by atomic mass is 10.1. The van der Waals surface area contributed by atoms with Gasteiger partial charge in [-0.05, 0) is 25.0 Å². The summed E-state index contributed by atoms with van der Waals surface area (Å²) in [5, 5.41) is 23.5. The van der Waals surface area contributed by atoms with Gasteiger partial charge in [0.25, 0.3) is 0 Å². The molecule has 0 fully saturated rings. The number of nitriles is 1. The Morgan fingerprint density at radius 1 is 1.50 bits per heavy atom. The third-order valence-corrected chi connectivity index (χ3v) is 3.30. The van der Waals surface area contributed by atoms with E-state index >= 15 is 0 Å². The normalized spacial score (nSPS) is 10.3. The summed E-state index contributed by atoms with van der Waals surface area (Å²) in [6.07, 6.45) is 0.667. The van der Waals surface area contributed by atoms with Crippen molar-refractivity contribution in [2.75, 3.05) is 0 Å². The Hall–Kier alpha value is -2.19. The van der Waals surface area contributed by atoms with Gasteiger partial charge >= 0.3 is 0 Å². The van der Waals surface area contributed by atoms with Gasteiger partial charge in [-0.3, -0.25) is 0 Å². The van der Waals surface area contributed by atoms with Crippen molar-refractivity contribution < 1.29 is 9.84 Å². The molecule has 0 saturated heterocycles. The number of aromatic nitrogens is 2. The van der Waals surface area contributed by atoms with Crippen LogP contribution in [0.15, 0.2) is 12.1 Å². The molecular formula is C14H14ClN3O2. The molecule has 1 aromatic heterocycles. The maximum atomic E-state index is 9.87. The van der Waals surface area contributed by atoms with Crippen molar-refractivity contribution in [2.24, 2.45) is 7.05 Å². The van der Waals surface area contributed by atoms with Crippen LogP contribution in [0.2, 0.25) is 5.02 Å². The van der Waals surface area contributed by atoms with Gasteiger partial charge in [-0.1, -0.05) is 18.5 Å². The molecule has 2 rings (SSSR count). The van der Waals surface area contributed by atoms with Crippen molar-refractivity contribution in [1.82, 2.24) is 9.78 Å². The van der Waals surface area contributed by atoms with Gasteiger partial charge in [-0.2, -0.15) is 10.4 Å². The number of benzene rings is 1. The van der Waals surface area contributed by atoms with E-state index in [1.54, 1.807) is 20.0 Å². The van der Waals surface area contributed by atoms with Gasteiger partial charge in [0.1, 0.15) is 17.4 Å². The van der Waals surface area contributed by atoms with Crippen LogP contribution < -0.4 is 4.74 Å². The molecule has 2 aromatic rings. The van der Waals surface area contributed by atoms with Gasteiger partial charge in [0, 0.05) is 13.1 Å². The lowest BCUT2D eigenvalue weighted by Crippen LogP contribution is -1.97. The number of halogens is 1. The predicted octanol–water partition coefficient (Wildman–Crippen LogP) is 3.31. The number of aryl methyl sites for hydroxylation is 3. The highest BCUT2D eigenvalue weighted by Gasteiger charge is 2.17. The lowest BCUT2D eigenvalue weighted by molar-refractivity contribution is 0.420. The van der Waals surface area contributed by atoms with Gasteiger partial charge < -0.3 is 9.84 Å². The fourth-order valence-electron chi connectivity index (χ4n) is 1.93. The molecule has 6 heteroatoms. The van der Waals surface area contributed by atoms with E-state index in [0.29, 0.717) is 34.3 Å². The fraction of sp³-hybridized carbons (Fsp3) is 0.286. The summed E-state index contributed by atoms with van der Waals surface area (Å²) < 4.78 is 7.12. The highest BCUT2D eigenvalue weighted by atomic mass is 35.5. The molecule has 1 aromatic carbocycles. The highest BCUT2D eigenvalue weighted by Crippen LogP contribution is 2.36. The Morgan fingerprint density at radius 2 is 2.20 bits per heavy atom. The Bertz CT molecular complexity index is 701. The second-order valence-electron chi connectivity index (χ2n) is 4.37. The summed E-state index contributed by atoms with van der Waals surface area (Å²) in [6, 6.07) is 5.15. The fourth-order valence-corrected chi connectivity index (χ4v) is 2.16. The second kappa shape index (κ2) is 5.43. The summed E-state index contributed by atoms with van der Waals surface area (Å²) >= 11 is 6.14. The molecule has 0 unspecified atom stereocenters. The SMILES string of the molecule is CCc1cc(Cl)c(Oc2c(C#N)c(C)nn2C)cc1O. The lowest BCUT2D eigenvalue weighted by Gasteiger charge is -2.10. The highest BCUT2D eigenvalue weighted by molar-refractivity contribution is 6.32. The Morgan fingerprint density at radius 3 is 2.80 bits per heavy atom. The number of phenolic OH excluding ortho intramolecular Hbond substituents is 1. The largest absolute Gasteiger partial charge is 0.508 e. The third kappa shape index (κ3) is 2.43. The summed E-state index contributed by atoms with van der Waals surface area (Å²) in [5.41, 5.74) is 1.67. The molecule has 0 saturated carbocycles. The quantitative estimate of drug-likeness (QED) is 0.941. The molecule has 0 aliphatic heterocycles. The molecule has 0 spiro atoms. The summed E-state index contributed by atoms with van der Waals surface area (Å²) in [5.74, 6) is 0.709. The predicted molar refractivity (Wildman–Crippen MR) is 75.2 cm³/mol. The average molecular weight is 292 g/mol. The number of phenols is 1. The monoisotopic (exact) mass is 291 g/mol. The zero-order chi connectivity index (χ0) is 14.9. The van der Waals surface area contributed by atoms with Crippen molar-refractivity contribution in [3.8, 4) is 23.4 Å². The summed E-state index contributed by atoms with van der Waals surface area (Å²) in [7, 11) is 1.68. The molecule has 104 valence electrons. The van der Waals surface area contributed by atoms with Gasteiger partial charge in [-0.25, -0.2) is 4.68 Å². The number of aromatic hydroxyl groups is 1. The molecule has 20 heavy (non-hydrogen) atoms. The topological polar surface area (TPSA) is 71.1 Å². The van der Waals surface area contributed by atoms with Crippen molar-refractivity contribution in [3.63, 3.8) is 0 Å². The van der Waals surface area contributed by atoms with Crippen molar-refractivity contribution in [3.05, 3.63) is 34.0 Å². The van der Waals surface area contributed by atoms with Crippen LogP contribution in [0.5, 0.6) is 17.4 Å². The van der Waals surface area contributed by atoms with E-state index in [2.05, 4.69) is 5.10 Å². The van der Waals surface area contributed by atoms with Crippen molar-refractivity contribution >= 4 is 11.6 Å². The van der Waals surface area contributed by atoms with Crippen LogP contribution >= 0.6 is 11.6 Å². The van der Waals surface area contributed by atoms with E-state index in [1.807, 2.05) is 13.0 Å². The Labute approximate surface area is 122 Å². The standard InChI is InChI=1S/C14H14ClN3O2/c1-4-9-5-11(15)13(6-12(9)19)20-14-10(7-16)8(2)17-18(14)3/h5-6,19H,4H2,1-3H3. The van der Waals surface area contributed by atoms with Crippen LogP contribution in [-0.2, 0) is 13.5 Å². The first-order valence-electron chi connectivity index (χ1n) is 6.10. The maximum Gasteiger partial charge on any atom is 0.235 e. The van der Waals surface area contributed by atoms with E-state index in [0.717, 1.165) is 5.56 Å². The molecule has 0 amide bonds. The minimum Gasteiger partial charge on any atom is -0.508 e. The van der Waals surface area contributed by atoms with E-state index in [4.69, 9.17) is 21.6 Å². The number of nitrogens with zero attached hydrogens (tertiary/aromatic N) is 3. The van der Waals surface area contributed by atoms with Crippen molar-refractivity contribution in [1.29, 1.82) is 5.26 Å². The number of rotatable bonds is 3.